The first-order valence-electron chi connectivity index (χ1n) is 6.60. The van der Waals surface area contributed by atoms with Crippen molar-refractivity contribution in [2.24, 2.45) is 5.92 Å². The van der Waals surface area contributed by atoms with E-state index in [-0.39, 0.29) is 17.4 Å². The number of rotatable bonds is 3. The van der Waals surface area contributed by atoms with Crippen molar-refractivity contribution in [3.8, 4) is 0 Å². The van der Waals surface area contributed by atoms with Crippen LogP contribution in [0.4, 0.5) is 0 Å². The van der Waals surface area contributed by atoms with Crippen molar-refractivity contribution in [2.45, 2.75) is 12.8 Å². The maximum absolute atomic E-state index is 12.1. The van der Waals surface area contributed by atoms with Gasteiger partial charge in [0.05, 0.1) is 18.1 Å². The number of Topliss-reactive ketones (excluding diaryl/α,β-unsaturated/α-hetero) is 1. The predicted molar refractivity (Wildman–Crippen MR) is 70.3 cm³/mol. The van der Waals surface area contributed by atoms with Gasteiger partial charge in [0.25, 0.3) is 0 Å². The molecule has 0 radical (unpaired) electrons. The third kappa shape index (κ3) is 3.76. The van der Waals surface area contributed by atoms with Crippen LogP contribution in [-0.4, -0.2) is 75.3 Å². The average molecular weight is 274 g/mol. The molecule has 2 aliphatic rings. The number of likely N-dealkylation sites (tertiary alicyclic amines) is 1. The highest BCUT2D eigenvalue weighted by molar-refractivity contribution is 7.91. The third-order valence-electron chi connectivity index (χ3n) is 3.99. The fourth-order valence-corrected chi connectivity index (χ4v) is 3.87. The second kappa shape index (κ2) is 5.67. The van der Waals surface area contributed by atoms with Crippen molar-refractivity contribution in [3.63, 3.8) is 0 Å². The molecule has 2 rings (SSSR count). The van der Waals surface area contributed by atoms with E-state index < -0.39 is 9.84 Å². The SMILES string of the molecule is CN1CCC(C(=O)CN2CCS(=O)(=O)CC2)CC1. The van der Waals surface area contributed by atoms with Crippen LogP contribution in [0.3, 0.4) is 0 Å². The van der Waals surface area contributed by atoms with Crippen molar-refractivity contribution >= 4 is 15.6 Å². The van der Waals surface area contributed by atoms with Crippen LogP contribution >= 0.6 is 0 Å². The second-order valence-electron chi connectivity index (χ2n) is 5.47. The van der Waals surface area contributed by atoms with Gasteiger partial charge in [0, 0.05) is 19.0 Å². The fourth-order valence-electron chi connectivity index (χ4n) is 2.59. The summed E-state index contributed by atoms with van der Waals surface area (Å²) in [6, 6.07) is 0. The summed E-state index contributed by atoms with van der Waals surface area (Å²) in [5, 5.41) is 0. The Morgan fingerprint density at radius 2 is 1.67 bits per heavy atom. The van der Waals surface area contributed by atoms with Gasteiger partial charge in [-0.25, -0.2) is 8.42 Å². The van der Waals surface area contributed by atoms with E-state index >= 15 is 0 Å². The number of hydrogen-bond acceptors (Lipinski definition) is 5. The van der Waals surface area contributed by atoms with Crippen LogP contribution in [0.1, 0.15) is 12.8 Å². The van der Waals surface area contributed by atoms with Gasteiger partial charge >= 0.3 is 0 Å². The predicted octanol–water partition coefficient (Wildman–Crippen LogP) is -0.372. The van der Waals surface area contributed by atoms with Gasteiger partial charge in [0.1, 0.15) is 5.78 Å². The van der Waals surface area contributed by atoms with Gasteiger partial charge in [-0.1, -0.05) is 0 Å². The quantitative estimate of drug-likeness (QED) is 0.703. The highest BCUT2D eigenvalue weighted by Gasteiger charge is 2.27. The minimum absolute atomic E-state index is 0.180. The molecule has 0 unspecified atom stereocenters. The first-order chi connectivity index (χ1) is 8.46. The van der Waals surface area contributed by atoms with Crippen LogP contribution < -0.4 is 0 Å². The molecule has 2 fully saturated rings. The second-order valence-corrected chi connectivity index (χ2v) is 7.78. The number of hydrogen-bond donors (Lipinski definition) is 0. The van der Waals surface area contributed by atoms with E-state index in [1.807, 2.05) is 4.90 Å². The first-order valence-corrected chi connectivity index (χ1v) is 8.42. The zero-order chi connectivity index (χ0) is 13.2. The Morgan fingerprint density at radius 3 is 2.22 bits per heavy atom. The summed E-state index contributed by atoms with van der Waals surface area (Å²) in [5.74, 6) is 0.878. The topological polar surface area (TPSA) is 57.7 Å². The Kier molecular flexibility index (Phi) is 4.40. The summed E-state index contributed by atoms with van der Waals surface area (Å²) in [6.07, 6.45) is 1.89. The maximum atomic E-state index is 12.1. The lowest BCUT2D eigenvalue weighted by Crippen LogP contribution is -2.45. The summed E-state index contributed by atoms with van der Waals surface area (Å²) in [4.78, 5) is 16.4. The zero-order valence-corrected chi connectivity index (χ0v) is 11.8. The molecule has 0 aromatic heterocycles. The summed E-state index contributed by atoms with van der Waals surface area (Å²) >= 11 is 0. The van der Waals surface area contributed by atoms with Gasteiger partial charge in [-0.15, -0.1) is 0 Å². The van der Waals surface area contributed by atoms with Crippen LogP contribution in [0.15, 0.2) is 0 Å². The summed E-state index contributed by atoms with van der Waals surface area (Å²) in [7, 11) is -0.764. The number of sulfone groups is 1. The van der Waals surface area contributed by atoms with Crippen LogP contribution in [0, 0.1) is 5.92 Å². The summed E-state index contributed by atoms with van der Waals surface area (Å²) in [6.45, 7) is 3.45. The lowest BCUT2D eigenvalue weighted by Gasteiger charge is -2.31. The summed E-state index contributed by atoms with van der Waals surface area (Å²) < 4.78 is 22.6. The van der Waals surface area contributed by atoms with E-state index in [0.29, 0.717) is 25.4 Å². The molecule has 0 aromatic carbocycles. The molecule has 0 aromatic rings. The molecule has 2 aliphatic heterocycles. The number of carbonyl (C=O) groups excluding carboxylic acids is 1. The van der Waals surface area contributed by atoms with Crippen molar-refractivity contribution < 1.29 is 13.2 Å². The van der Waals surface area contributed by atoms with Gasteiger partial charge < -0.3 is 4.90 Å². The maximum Gasteiger partial charge on any atom is 0.152 e. The van der Waals surface area contributed by atoms with Crippen molar-refractivity contribution in [1.29, 1.82) is 0 Å². The molecule has 2 saturated heterocycles. The van der Waals surface area contributed by atoms with Crippen LogP contribution in [-0.2, 0) is 14.6 Å². The van der Waals surface area contributed by atoms with Gasteiger partial charge in [-0.05, 0) is 33.0 Å². The first kappa shape index (κ1) is 14.0. The van der Waals surface area contributed by atoms with E-state index in [1.165, 1.54) is 0 Å². The van der Waals surface area contributed by atoms with E-state index in [9.17, 15) is 13.2 Å². The normalized spacial score (nSPS) is 27.2. The van der Waals surface area contributed by atoms with E-state index in [0.717, 1.165) is 25.9 Å². The molecule has 6 heteroatoms. The standard InChI is InChI=1S/C12H22N2O3S/c1-13-4-2-11(3-5-13)12(15)10-14-6-8-18(16,17)9-7-14/h11H,2-10H2,1H3. The van der Waals surface area contributed by atoms with Gasteiger partial charge in [0.2, 0.25) is 0 Å². The van der Waals surface area contributed by atoms with Gasteiger partial charge in [0.15, 0.2) is 9.84 Å². The molecule has 0 aliphatic carbocycles. The average Bonchev–Trinajstić information content (AvgIpc) is 2.33. The molecule has 18 heavy (non-hydrogen) atoms. The molecule has 2 heterocycles. The molecule has 0 saturated carbocycles. The fraction of sp³-hybridized carbons (Fsp3) is 0.917. The molecule has 0 bridgehead atoms. The molecule has 104 valence electrons. The molecule has 0 N–H and O–H groups in total. The minimum atomic E-state index is -2.84. The molecule has 0 spiro atoms. The smallest absolute Gasteiger partial charge is 0.152 e. The van der Waals surface area contributed by atoms with Gasteiger partial charge in [-0.3, -0.25) is 9.69 Å². The third-order valence-corrected chi connectivity index (χ3v) is 5.60. The molecule has 0 atom stereocenters. The number of carbonyl (C=O) groups is 1. The highest BCUT2D eigenvalue weighted by Crippen LogP contribution is 2.17. The number of piperidine rings is 1. The van der Waals surface area contributed by atoms with Crippen molar-refractivity contribution in [3.05, 3.63) is 0 Å². The summed E-state index contributed by atoms with van der Waals surface area (Å²) in [5.41, 5.74) is 0. The van der Waals surface area contributed by atoms with Crippen LogP contribution in [0.25, 0.3) is 0 Å². The Morgan fingerprint density at radius 1 is 1.11 bits per heavy atom. The lowest BCUT2D eigenvalue weighted by atomic mass is 9.92. The Balaban J connectivity index is 1.78. The van der Waals surface area contributed by atoms with E-state index in [1.54, 1.807) is 0 Å². The van der Waals surface area contributed by atoms with E-state index in [4.69, 9.17) is 0 Å². The van der Waals surface area contributed by atoms with Crippen LogP contribution in [0.2, 0.25) is 0 Å². The Labute approximate surface area is 109 Å². The van der Waals surface area contributed by atoms with Crippen molar-refractivity contribution in [1.82, 2.24) is 9.80 Å². The molecular formula is C12H22N2O3S. The molecule has 5 nitrogen and oxygen atoms in total. The largest absolute Gasteiger partial charge is 0.306 e. The number of ketones is 1. The Hall–Kier alpha value is -0.460. The van der Waals surface area contributed by atoms with Gasteiger partial charge in [-0.2, -0.15) is 0 Å². The van der Waals surface area contributed by atoms with Crippen molar-refractivity contribution in [2.75, 3.05) is 51.3 Å². The zero-order valence-electron chi connectivity index (χ0n) is 11.0. The monoisotopic (exact) mass is 274 g/mol. The minimum Gasteiger partial charge on any atom is -0.306 e. The lowest BCUT2D eigenvalue weighted by molar-refractivity contribution is -0.125. The molecular weight excluding hydrogens is 252 g/mol. The molecule has 0 amide bonds. The van der Waals surface area contributed by atoms with Crippen LogP contribution in [0.5, 0.6) is 0 Å². The Bertz CT molecular complexity index is 386. The highest BCUT2D eigenvalue weighted by atomic mass is 32.2. The number of nitrogens with zero attached hydrogens (tertiary/aromatic N) is 2. The van der Waals surface area contributed by atoms with E-state index in [2.05, 4.69) is 11.9 Å².